The quantitative estimate of drug-likeness (QED) is 0.344. The number of carbonyl (C=O) groups excluding carboxylic acids is 4. The van der Waals surface area contributed by atoms with E-state index in [0.29, 0.717) is 16.7 Å². The van der Waals surface area contributed by atoms with Gasteiger partial charge in [-0.1, -0.05) is 36.4 Å². The number of carbonyl (C=O) groups is 4. The maximum Gasteiger partial charge on any atom is 0.343 e. The predicted octanol–water partition coefficient (Wildman–Crippen LogP) is 3.06. The second-order valence-corrected chi connectivity index (χ2v) is 6.41. The van der Waals surface area contributed by atoms with E-state index in [4.69, 9.17) is 9.47 Å². The third-order valence-corrected chi connectivity index (χ3v) is 4.19. The Bertz CT molecular complexity index is 1060. The molecule has 31 heavy (non-hydrogen) atoms. The molecule has 0 aromatic heterocycles. The van der Waals surface area contributed by atoms with Crippen molar-refractivity contribution in [1.29, 1.82) is 0 Å². The normalized spacial score (nSPS) is 10.1. The highest BCUT2D eigenvalue weighted by molar-refractivity contribution is 5.99. The molecule has 0 heterocycles. The molecule has 0 aliphatic carbocycles. The molecule has 1 amide bonds. The number of ketones is 1. The summed E-state index contributed by atoms with van der Waals surface area (Å²) in [6.45, 7) is -0.821. The summed E-state index contributed by atoms with van der Waals surface area (Å²) in [6, 6.07) is 22.9. The van der Waals surface area contributed by atoms with Gasteiger partial charge in [0.2, 0.25) is 0 Å². The molecule has 3 aromatic carbocycles. The fourth-order valence-corrected chi connectivity index (χ4v) is 2.57. The summed E-state index contributed by atoms with van der Waals surface area (Å²) < 4.78 is 10.2. The van der Waals surface area contributed by atoms with Crippen LogP contribution in [-0.2, 0) is 9.53 Å². The minimum Gasteiger partial charge on any atom is -0.456 e. The molecule has 7 heteroatoms. The van der Waals surface area contributed by atoms with Crippen molar-refractivity contribution >= 4 is 23.6 Å². The molecule has 0 saturated heterocycles. The lowest BCUT2D eigenvalue weighted by molar-refractivity contribution is -0.141. The van der Waals surface area contributed by atoms with Crippen LogP contribution in [0.3, 0.4) is 0 Å². The van der Waals surface area contributed by atoms with Gasteiger partial charge in [-0.3, -0.25) is 14.4 Å². The Balaban J connectivity index is 1.44. The highest BCUT2D eigenvalue weighted by Crippen LogP contribution is 2.15. The van der Waals surface area contributed by atoms with Crippen LogP contribution in [0.5, 0.6) is 5.75 Å². The Kier molecular flexibility index (Phi) is 7.26. The van der Waals surface area contributed by atoms with E-state index in [9.17, 15) is 19.2 Å². The number of ether oxygens (including phenoxy) is 2. The van der Waals surface area contributed by atoms with Gasteiger partial charge < -0.3 is 14.8 Å². The number of Topliss-reactive ketones (excluding diaryl/α,β-unsaturated/α-hetero) is 1. The predicted molar refractivity (Wildman–Crippen MR) is 112 cm³/mol. The first kappa shape index (κ1) is 21.4. The van der Waals surface area contributed by atoms with Crippen LogP contribution in [0.2, 0.25) is 0 Å². The number of rotatable bonds is 8. The third kappa shape index (κ3) is 6.37. The molecule has 0 radical (unpaired) electrons. The first-order chi connectivity index (χ1) is 15.0. The van der Waals surface area contributed by atoms with Crippen molar-refractivity contribution in [2.45, 2.75) is 0 Å². The van der Waals surface area contributed by atoms with Gasteiger partial charge in [-0.2, -0.15) is 0 Å². The van der Waals surface area contributed by atoms with E-state index >= 15 is 0 Å². The van der Waals surface area contributed by atoms with Gasteiger partial charge in [0, 0.05) is 11.1 Å². The fourth-order valence-electron chi connectivity index (χ4n) is 2.57. The number of hydrogen-bond acceptors (Lipinski definition) is 6. The molecule has 3 aromatic rings. The van der Waals surface area contributed by atoms with E-state index in [1.165, 1.54) is 24.3 Å². The molecule has 156 valence electrons. The van der Waals surface area contributed by atoms with Gasteiger partial charge in [-0.05, 0) is 48.5 Å². The molecule has 0 saturated carbocycles. The Morgan fingerprint density at radius 1 is 0.677 bits per heavy atom. The largest absolute Gasteiger partial charge is 0.456 e. The number of esters is 2. The number of amides is 1. The molecule has 0 fully saturated rings. The lowest BCUT2D eigenvalue weighted by Crippen LogP contribution is -2.31. The Morgan fingerprint density at radius 3 is 1.87 bits per heavy atom. The summed E-state index contributed by atoms with van der Waals surface area (Å²) >= 11 is 0. The van der Waals surface area contributed by atoms with Gasteiger partial charge in [-0.15, -0.1) is 0 Å². The highest BCUT2D eigenvalue weighted by atomic mass is 16.5. The Labute approximate surface area is 178 Å². The zero-order chi connectivity index (χ0) is 22.1. The first-order valence-electron chi connectivity index (χ1n) is 9.42. The average Bonchev–Trinajstić information content (AvgIpc) is 2.82. The van der Waals surface area contributed by atoms with E-state index in [1.807, 2.05) is 0 Å². The van der Waals surface area contributed by atoms with E-state index in [2.05, 4.69) is 5.32 Å². The Morgan fingerprint density at radius 2 is 1.26 bits per heavy atom. The van der Waals surface area contributed by atoms with E-state index in [0.717, 1.165) is 0 Å². The fraction of sp³-hybridized carbons (Fsp3) is 0.0833. The van der Waals surface area contributed by atoms with Gasteiger partial charge >= 0.3 is 11.9 Å². The van der Waals surface area contributed by atoms with Gasteiger partial charge in [0.1, 0.15) is 12.3 Å². The van der Waals surface area contributed by atoms with E-state index < -0.39 is 30.2 Å². The van der Waals surface area contributed by atoms with Crippen molar-refractivity contribution in [2.75, 3.05) is 13.2 Å². The Hall–Kier alpha value is -4.26. The third-order valence-electron chi connectivity index (χ3n) is 4.19. The minimum absolute atomic E-state index is 0.283. The van der Waals surface area contributed by atoms with Crippen molar-refractivity contribution in [1.82, 2.24) is 5.32 Å². The van der Waals surface area contributed by atoms with Crippen LogP contribution in [0.15, 0.2) is 84.9 Å². The minimum atomic E-state index is -0.731. The van der Waals surface area contributed by atoms with Crippen LogP contribution in [0.1, 0.15) is 31.1 Å². The van der Waals surface area contributed by atoms with Gasteiger partial charge in [0.25, 0.3) is 5.91 Å². The molecule has 0 bridgehead atoms. The van der Waals surface area contributed by atoms with Crippen molar-refractivity contribution in [3.05, 3.63) is 102 Å². The molecular weight excluding hydrogens is 398 g/mol. The van der Waals surface area contributed by atoms with Crippen LogP contribution in [0.25, 0.3) is 0 Å². The van der Waals surface area contributed by atoms with Crippen LogP contribution in [0, 0.1) is 0 Å². The van der Waals surface area contributed by atoms with Gasteiger partial charge in [0.15, 0.2) is 12.4 Å². The van der Waals surface area contributed by atoms with Crippen LogP contribution >= 0.6 is 0 Å². The molecule has 0 aliphatic heterocycles. The molecule has 0 unspecified atom stereocenters. The standard InChI is InChI=1S/C24H19NO6/c26-21(16-30-22(27)15-25-23(28)18-7-3-1-4-8-18)17-11-13-20(14-12-17)31-24(29)19-9-5-2-6-10-19/h1-14H,15-16H2,(H,25,28). The van der Waals surface area contributed by atoms with Crippen LogP contribution < -0.4 is 10.1 Å². The average molecular weight is 417 g/mol. The maximum absolute atomic E-state index is 12.2. The summed E-state index contributed by atoms with van der Waals surface area (Å²) in [5.41, 5.74) is 1.12. The van der Waals surface area contributed by atoms with Gasteiger partial charge in [0.05, 0.1) is 5.56 Å². The highest BCUT2D eigenvalue weighted by Gasteiger charge is 2.13. The van der Waals surface area contributed by atoms with Crippen molar-refractivity contribution in [3.8, 4) is 5.75 Å². The number of hydrogen-bond donors (Lipinski definition) is 1. The van der Waals surface area contributed by atoms with Crippen molar-refractivity contribution < 1.29 is 28.7 Å². The SMILES string of the molecule is O=C(CNC(=O)c1ccccc1)OCC(=O)c1ccc(OC(=O)c2ccccc2)cc1. The lowest BCUT2D eigenvalue weighted by atomic mass is 10.1. The second-order valence-electron chi connectivity index (χ2n) is 6.41. The number of nitrogens with one attached hydrogen (secondary N) is 1. The molecule has 7 nitrogen and oxygen atoms in total. The molecular formula is C24H19NO6. The number of benzene rings is 3. The smallest absolute Gasteiger partial charge is 0.343 e. The molecule has 0 spiro atoms. The first-order valence-corrected chi connectivity index (χ1v) is 9.42. The van der Waals surface area contributed by atoms with Crippen molar-refractivity contribution in [2.24, 2.45) is 0 Å². The van der Waals surface area contributed by atoms with E-state index in [1.54, 1.807) is 60.7 Å². The van der Waals surface area contributed by atoms with Crippen molar-refractivity contribution in [3.63, 3.8) is 0 Å². The maximum atomic E-state index is 12.2. The molecule has 1 N–H and O–H groups in total. The molecule has 3 rings (SSSR count). The van der Waals surface area contributed by atoms with Crippen LogP contribution in [-0.4, -0.2) is 36.8 Å². The van der Waals surface area contributed by atoms with E-state index in [-0.39, 0.29) is 12.3 Å². The summed E-state index contributed by atoms with van der Waals surface area (Å²) in [5.74, 6) is -1.79. The summed E-state index contributed by atoms with van der Waals surface area (Å²) in [5, 5.41) is 2.43. The summed E-state index contributed by atoms with van der Waals surface area (Å²) in [4.78, 5) is 47.9. The summed E-state index contributed by atoms with van der Waals surface area (Å²) in [7, 11) is 0. The monoisotopic (exact) mass is 417 g/mol. The van der Waals surface area contributed by atoms with Gasteiger partial charge in [-0.25, -0.2) is 4.79 Å². The molecule has 0 atom stereocenters. The second kappa shape index (κ2) is 10.5. The molecule has 0 aliphatic rings. The topological polar surface area (TPSA) is 98.8 Å². The zero-order valence-corrected chi connectivity index (χ0v) is 16.4. The summed E-state index contributed by atoms with van der Waals surface area (Å²) in [6.07, 6.45) is 0. The zero-order valence-electron chi connectivity index (χ0n) is 16.4. The van der Waals surface area contributed by atoms with Crippen LogP contribution in [0.4, 0.5) is 0 Å². The lowest BCUT2D eigenvalue weighted by Gasteiger charge is -2.07.